The lowest BCUT2D eigenvalue weighted by Gasteiger charge is -2.22. The molecule has 4 amide bonds. The van der Waals surface area contributed by atoms with Crippen LogP contribution in [-0.2, 0) is 15.1 Å². The molecule has 3 rings (SSSR count). The van der Waals surface area contributed by atoms with Crippen LogP contribution in [0, 0.1) is 10.1 Å². The van der Waals surface area contributed by atoms with Crippen LogP contribution in [0.5, 0.6) is 5.75 Å². The van der Waals surface area contributed by atoms with Crippen LogP contribution in [0.15, 0.2) is 48.5 Å². The molecule has 29 heavy (non-hydrogen) atoms. The fourth-order valence-electron chi connectivity index (χ4n) is 3.00. The normalized spacial score (nSPS) is 18.3. The zero-order valence-corrected chi connectivity index (χ0v) is 15.7. The summed E-state index contributed by atoms with van der Waals surface area (Å²) >= 11 is 0. The number of amides is 4. The molecule has 10 nitrogen and oxygen atoms in total. The number of methoxy groups -OCH3 is 1. The molecule has 1 unspecified atom stereocenters. The molecule has 0 aromatic heterocycles. The average molecular weight is 398 g/mol. The number of hydrogen-bond acceptors (Lipinski definition) is 6. The molecule has 0 saturated carbocycles. The highest BCUT2D eigenvalue weighted by Gasteiger charge is 2.49. The Morgan fingerprint density at radius 2 is 1.93 bits per heavy atom. The number of benzene rings is 2. The van der Waals surface area contributed by atoms with Crippen molar-refractivity contribution in [2.45, 2.75) is 12.5 Å². The minimum atomic E-state index is -1.32. The van der Waals surface area contributed by atoms with E-state index in [1.807, 2.05) is 0 Å². The summed E-state index contributed by atoms with van der Waals surface area (Å²) < 4.78 is 5.09. The molecule has 2 aromatic rings. The summed E-state index contributed by atoms with van der Waals surface area (Å²) in [7, 11) is 1.51. The highest BCUT2D eigenvalue weighted by Crippen LogP contribution is 2.30. The van der Waals surface area contributed by atoms with Crippen molar-refractivity contribution in [3.63, 3.8) is 0 Å². The first-order valence-corrected chi connectivity index (χ1v) is 8.57. The number of rotatable bonds is 6. The number of nitro groups is 1. The third kappa shape index (κ3) is 3.86. The number of nitrogens with one attached hydrogen (secondary N) is 2. The maximum absolute atomic E-state index is 12.9. The van der Waals surface area contributed by atoms with Gasteiger partial charge in [0.15, 0.2) is 0 Å². The summed E-state index contributed by atoms with van der Waals surface area (Å²) in [4.78, 5) is 48.5. The number of nitro benzene ring substituents is 1. The van der Waals surface area contributed by atoms with E-state index >= 15 is 0 Å². The molecule has 0 radical (unpaired) electrons. The smallest absolute Gasteiger partial charge is 0.325 e. The van der Waals surface area contributed by atoms with Crippen LogP contribution in [0.1, 0.15) is 12.5 Å². The maximum atomic E-state index is 12.9. The molecule has 10 heteroatoms. The predicted octanol–water partition coefficient (Wildman–Crippen LogP) is 2.01. The van der Waals surface area contributed by atoms with Gasteiger partial charge < -0.3 is 15.4 Å². The van der Waals surface area contributed by atoms with E-state index in [2.05, 4.69) is 10.6 Å². The van der Waals surface area contributed by atoms with Gasteiger partial charge in [-0.15, -0.1) is 0 Å². The van der Waals surface area contributed by atoms with Gasteiger partial charge in [-0.05, 0) is 30.7 Å². The molecule has 0 spiro atoms. The molecular weight excluding hydrogens is 380 g/mol. The van der Waals surface area contributed by atoms with Gasteiger partial charge in [0.25, 0.3) is 11.6 Å². The maximum Gasteiger partial charge on any atom is 0.325 e. The van der Waals surface area contributed by atoms with Gasteiger partial charge in [0, 0.05) is 17.8 Å². The Labute approximate surface area is 165 Å². The van der Waals surface area contributed by atoms with E-state index in [-0.39, 0.29) is 11.4 Å². The molecule has 2 aromatic carbocycles. The van der Waals surface area contributed by atoms with Crippen LogP contribution < -0.4 is 15.4 Å². The van der Waals surface area contributed by atoms with Gasteiger partial charge in [-0.25, -0.2) is 4.79 Å². The minimum absolute atomic E-state index is 0.189. The van der Waals surface area contributed by atoms with Gasteiger partial charge in [-0.1, -0.05) is 18.2 Å². The number of hydrogen-bond donors (Lipinski definition) is 2. The molecular formula is C19H18N4O6. The minimum Gasteiger partial charge on any atom is -0.497 e. The van der Waals surface area contributed by atoms with Crippen molar-refractivity contribution < 1.29 is 24.0 Å². The number of non-ortho nitro benzene ring substituents is 1. The fourth-order valence-corrected chi connectivity index (χ4v) is 3.00. The molecule has 150 valence electrons. The second kappa shape index (κ2) is 7.58. The van der Waals surface area contributed by atoms with Gasteiger partial charge in [0.1, 0.15) is 17.8 Å². The van der Waals surface area contributed by atoms with E-state index < -0.39 is 34.9 Å². The summed E-state index contributed by atoms with van der Waals surface area (Å²) in [6.07, 6.45) is 0. The van der Waals surface area contributed by atoms with Crippen LogP contribution in [0.2, 0.25) is 0 Å². The van der Waals surface area contributed by atoms with Crippen LogP contribution >= 0.6 is 0 Å². The number of ether oxygens (including phenoxy) is 1. The summed E-state index contributed by atoms with van der Waals surface area (Å²) in [5.74, 6) is -0.642. The second-order valence-electron chi connectivity index (χ2n) is 6.53. The molecule has 1 saturated heterocycles. The lowest BCUT2D eigenvalue weighted by Crippen LogP contribution is -2.42. The quantitative estimate of drug-likeness (QED) is 0.435. The molecule has 0 bridgehead atoms. The van der Waals surface area contributed by atoms with E-state index in [1.54, 1.807) is 31.2 Å². The van der Waals surface area contributed by atoms with Gasteiger partial charge in [-0.3, -0.25) is 24.6 Å². The predicted molar refractivity (Wildman–Crippen MR) is 102 cm³/mol. The Morgan fingerprint density at radius 3 is 2.55 bits per heavy atom. The topological polar surface area (TPSA) is 131 Å². The van der Waals surface area contributed by atoms with Crippen LogP contribution in [-0.4, -0.2) is 41.3 Å². The number of urea groups is 1. The Hall–Kier alpha value is -3.95. The number of nitrogens with zero attached hydrogens (tertiary/aromatic N) is 2. The number of carbonyl (C=O) groups is 3. The van der Waals surface area contributed by atoms with Crippen molar-refractivity contribution in [3.8, 4) is 5.75 Å². The fraction of sp³-hybridized carbons (Fsp3) is 0.211. The monoisotopic (exact) mass is 398 g/mol. The lowest BCUT2D eigenvalue weighted by molar-refractivity contribution is -0.384. The third-order valence-electron chi connectivity index (χ3n) is 4.58. The first kappa shape index (κ1) is 19.8. The Bertz CT molecular complexity index is 990. The van der Waals surface area contributed by atoms with Gasteiger partial charge in [0.05, 0.1) is 12.0 Å². The van der Waals surface area contributed by atoms with E-state index in [9.17, 15) is 24.5 Å². The van der Waals surface area contributed by atoms with Crippen molar-refractivity contribution >= 4 is 29.2 Å². The first-order chi connectivity index (χ1) is 13.7. The van der Waals surface area contributed by atoms with Crippen molar-refractivity contribution in [2.75, 3.05) is 19.0 Å². The third-order valence-corrected chi connectivity index (χ3v) is 4.58. The second-order valence-corrected chi connectivity index (χ2v) is 6.53. The molecule has 1 aliphatic rings. The first-order valence-electron chi connectivity index (χ1n) is 8.57. The van der Waals surface area contributed by atoms with Gasteiger partial charge in [-0.2, -0.15) is 0 Å². The van der Waals surface area contributed by atoms with Crippen LogP contribution in [0.3, 0.4) is 0 Å². The van der Waals surface area contributed by atoms with E-state index in [4.69, 9.17) is 4.74 Å². The number of imide groups is 1. The molecule has 1 fully saturated rings. The van der Waals surface area contributed by atoms with E-state index in [0.717, 1.165) is 4.90 Å². The van der Waals surface area contributed by atoms with E-state index in [0.29, 0.717) is 11.3 Å². The van der Waals surface area contributed by atoms with Gasteiger partial charge in [0.2, 0.25) is 5.91 Å². The van der Waals surface area contributed by atoms with Crippen molar-refractivity contribution in [1.29, 1.82) is 0 Å². The summed E-state index contributed by atoms with van der Waals surface area (Å²) in [6, 6.07) is 11.3. The zero-order valence-electron chi connectivity index (χ0n) is 15.7. The Morgan fingerprint density at radius 1 is 1.24 bits per heavy atom. The Balaban J connectivity index is 1.73. The van der Waals surface area contributed by atoms with Crippen LogP contribution in [0.25, 0.3) is 0 Å². The number of anilines is 1. The number of carbonyl (C=O) groups excluding carboxylic acids is 3. The van der Waals surface area contributed by atoms with E-state index in [1.165, 1.54) is 31.4 Å². The van der Waals surface area contributed by atoms with Crippen LogP contribution in [0.4, 0.5) is 16.2 Å². The zero-order chi connectivity index (χ0) is 21.2. The van der Waals surface area contributed by atoms with Crippen molar-refractivity contribution in [2.24, 2.45) is 0 Å². The highest BCUT2D eigenvalue weighted by molar-refractivity contribution is 6.10. The largest absolute Gasteiger partial charge is 0.497 e. The molecule has 0 aliphatic carbocycles. The lowest BCUT2D eigenvalue weighted by atomic mass is 9.92. The average Bonchev–Trinajstić information content (AvgIpc) is 2.92. The van der Waals surface area contributed by atoms with Gasteiger partial charge >= 0.3 is 6.03 Å². The molecule has 1 heterocycles. The molecule has 1 atom stereocenters. The Kier molecular flexibility index (Phi) is 5.18. The highest BCUT2D eigenvalue weighted by atomic mass is 16.6. The SMILES string of the molecule is COc1ccc(C2(C)NC(=O)N(CC(=O)Nc3cccc([N+](=O)[O-])c3)C2=O)cc1. The van der Waals surface area contributed by atoms with Crippen molar-refractivity contribution in [3.05, 3.63) is 64.2 Å². The molecule has 1 aliphatic heterocycles. The summed E-state index contributed by atoms with van der Waals surface area (Å²) in [6.45, 7) is 1.02. The summed E-state index contributed by atoms with van der Waals surface area (Å²) in [5, 5.41) is 15.9. The van der Waals surface area contributed by atoms with Crippen molar-refractivity contribution in [1.82, 2.24) is 10.2 Å². The summed E-state index contributed by atoms with van der Waals surface area (Å²) in [5.41, 5.74) is -0.785. The standard InChI is InChI=1S/C19H18N4O6/c1-19(12-6-8-15(29-2)9-7-12)17(25)22(18(26)21-19)11-16(24)20-13-4-3-5-14(10-13)23(27)28/h3-10H,11H2,1-2H3,(H,20,24)(H,21,26). The molecule has 2 N–H and O–H groups in total.